The van der Waals surface area contributed by atoms with Crippen LogP contribution in [0.3, 0.4) is 0 Å². The van der Waals surface area contributed by atoms with Crippen LogP contribution < -0.4 is 4.90 Å². The van der Waals surface area contributed by atoms with E-state index in [0.717, 1.165) is 17.1 Å². The molecule has 0 bridgehead atoms. The Morgan fingerprint density at radius 2 is 1.00 bits per heavy atom. The first-order valence-corrected chi connectivity index (χ1v) is 19.6. The minimum atomic E-state index is 1.12. The van der Waals surface area contributed by atoms with E-state index in [0.29, 0.717) is 0 Å². The molecule has 0 unspecified atom stereocenters. The quantitative estimate of drug-likeness (QED) is 0.166. The molecule has 0 amide bonds. The van der Waals surface area contributed by atoms with Gasteiger partial charge < -0.3 is 9.47 Å². The van der Waals surface area contributed by atoms with Crippen molar-refractivity contribution in [2.45, 2.75) is 0 Å². The fourth-order valence-corrected chi connectivity index (χ4v) is 9.67. The summed E-state index contributed by atoms with van der Waals surface area (Å²) in [6, 6.07) is 75.2. The lowest BCUT2D eigenvalue weighted by Gasteiger charge is -2.29. The van der Waals surface area contributed by atoms with Crippen LogP contribution in [0.15, 0.2) is 206 Å². The van der Waals surface area contributed by atoms with Crippen molar-refractivity contribution in [2.75, 3.05) is 4.90 Å². The second-order valence-corrected chi connectivity index (χ2v) is 15.2. The molecule has 2 nitrogen and oxygen atoms in total. The van der Waals surface area contributed by atoms with Crippen molar-refractivity contribution in [1.29, 1.82) is 0 Å². The standard InChI is InChI=1S/C52H34N2S/c1-2-17-37(18-3-1)53(47-27-14-16-35-15-4-5-20-40(35)47)48-25-11-8-22-42(48)41-21-7-6-19-39(41)36-29-32-50-46(33-36)43-23-9-12-26-49(43)54(50)38-30-31-45-44-24-10-13-28-51(44)55-52(45)34-38/h1-34H. The van der Waals surface area contributed by atoms with E-state index in [1.165, 1.54) is 80.7 Å². The molecule has 0 spiro atoms. The van der Waals surface area contributed by atoms with Crippen LogP contribution in [0.1, 0.15) is 0 Å². The Morgan fingerprint density at radius 1 is 0.364 bits per heavy atom. The Hall–Kier alpha value is -6.94. The van der Waals surface area contributed by atoms with Gasteiger partial charge in [-0.05, 0) is 82.7 Å². The summed E-state index contributed by atoms with van der Waals surface area (Å²) < 4.78 is 5.06. The molecule has 0 radical (unpaired) electrons. The molecule has 11 aromatic rings. The summed E-state index contributed by atoms with van der Waals surface area (Å²) in [6.07, 6.45) is 0. The molecular weight excluding hydrogens is 685 g/mol. The lowest BCUT2D eigenvalue weighted by atomic mass is 9.92. The number of hydrogen-bond acceptors (Lipinski definition) is 2. The minimum Gasteiger partial charge on any atom is -0.309 e. The van der Waals surface area contributed by atoms with Gasteiger partial charge in [0, 0.05) is 53.3 Å². The van der Waals surface area contributed by atoms with Crippen LogP contribution in [0.4, 0.5) is 17.1 Å². The molecule has 2 aromatic heterocycles. The van der Waals surface area contributed by atoms with E-state index in [1.807, 2.05) is 11.3 Å². The zero-order valence-electron chi connectivity index (χ0n) is 29.9. The first-order valence-electron chi connectivity index (χ1n) is 18.8. The zero-order valence-corrected chi connectivity index (χ0v) is 30.7. The molecule has 2 heterocycles. The van der Waals surface area contributed by atoms with Crippen LogP contribution in [0.5, 0.6) is 0 Å². The number of benzene rings is 9. The molecule has 0 fully saturated rings. The smallest absolute Gasteiger partial charge is 0.0541 e. The van der Waals surface area contributed by atoms with Gasteiger partial charge in [0.15, 0.2) is 0 Å². The third-order valence-corrected chi connectivity index (χ3v) is 12.1. The van der Waals surface area contributed by atoms with Gasteiger partial charge in [-0.1, -0.05) is 146 Å². The summed E-state index contributed by atoms with van der Waals surface area (Å²) in [5.74, 6) is 0. The molecule has 0 saturated heterocycles. The highest BCUT2D eigenvalue weighted by atomic mass is 32.1. The maximum absolute atomic E-state index is 2.43. The summed E-state index contributed by atoms with van der Waals surface area (Å²) >= 11 is 1.87. The summed E-state index contributed by atoms with van der Waals surface area (Å²) in [5.41, 5.74) is 11.8. The maximum atomic E-state index is 2.43. The average molecular weight is 719 g/mol. The number of rotatable bonds is 6. The minimum absolute atomic E-state index is 1.12. The fraction of sp³-hybridized carbons (Fsp3) is 0. The Labute approximate surface area is 323 Å². The van der Waals surface area contributed by atoms with Crippen molar-refractivity contribution in [2.24, 2.45) is 0 Å². The number of para-hydroxylation sites is 3. The van der Waals surface area contributed by atoms with E-state index >= 15 is 0 Å². The van der Waals surface area contributed by atoms with Gasteiger partial charge in [-0.2, -0.15) is 0 Å². The van der Waals surface area contributed by atoms with Gasteiger partial charge in [-0.15, -0.1) is 11.3 Å². The van der Waals surface area contributed by atoms with Crippen molar-refractivity contribution in [3.63, 3.8) is 0 Å². The van der Waals surface area contributed by atoms with Crippen molar-refractivity contribution < 1.29 is 0 Å². The van der Waals surface area contributed by atoms with Crippen LogP contribution in [0.25, 0.3) is 80.7 Å². The summed E-state index contributed by atoms with van der Waals surface area (Å²) in [6.45, 7) is 0. The lowest BCUT2D eigenvalue weighted by Crippen LogP contribution is -2.11. The predicted octanol–water partition coefficient (Wildman–Crippen LogP) is 15.1. The largest absolute Gasteiger partial charge is 0.309 e. The normalized spacial score (nSPS) is 11.6. The molecule has 0 saturated carbocycles. The van der Waals surface area contributed by atoms with E-state index in [2.05, 4.69) is 216 Å². The third kappa shape index (κ3) is 5.16. The van der Waals surface area contributed by atoms with Gasteiger partial charge in [0.2, 0.25) is 0 Å². The van der Waals surface area contributed by atoms with Crippen molar-refractivity contribution in [1.82, 2.24) is 4.57 Å². The van der Waals surface area contributed by atoms with Crippen LogP contribution >= 0.6 is 11.3 Å². The summed E-state index contributed by atoms with van der Waals surface area (Å²) in [5, 5.41) is 7.57. The van der Waals surface area contributed by atoms with Crippen LogP contribution in [-0.4, -0.2) is 4.57 Å². The Morgan fingerprint density at radius 3 is 1.89 bits per heavy atom. The van der Waals surface area contributed by atoms with Gasteiger partial charge >= 0.3 is 0 Å². The fourth-order valence-electron chi connectivity index (χ4n) is 8.53. The number of aromatic nitrogens is 1. The zero-order chi connectivity index (χ0) is 36.3. The van der Waals surface area contributed by atoms with E-state index in [9.17, 15) is 0 Å². The molecule has 258 valence electrons. The topological polar surface area (TPSA) is 8.17 Å². The highest BCUT2D eigenvalue weighted by Crippen LogP contribution is 2.46. The van der Waals surface area contributed by atoms with Gasteiger partial charge in [0.05, 0.1) is 22.4 Å². The number of thiophene rings is 1. The highest BCUT2D eigenvalue weighted by Gasteiger charge is 2.21. The number of hydrogen-bond donors (Lipinski definition) is 0. The second kappa shape index (κ2) is 12.9. The molecule has 0 aliphatic carbocycles. The molecule has 0 aliphatic rings. The maximum Gasteiger partial charge on any atom is 0.0541 e. The van der Waals surface area contributed by atoms with E-state index in [4.69, 9.17) is 0 Å². The van der Waals surface area contributed by atoms with Gasteiger partial charge in [-0.25, -0.2) is 0 Å². The van der Waals surface area contributed by atoms with Crippen molar-refractivity contribution >= 4 is 81.1 Å². The Bertz CT molecular complexity index is 3220. The van der Waals surface area contributed by atoms with Gasteiger partial charge in [0.1, 0.15) is 0 Å². The van der Waals surface area contributed by atoms with E-state index in [1.54, 1.807) is 0 Å². The van der Waals surface area contributed by atoms with Gasteiger partial charge in [0.25, 0.3) is 0 Å². The van der Waals surface area contributed by atoms with E-state index in [-0.39, 0.29) is 0 Å². The third-order valence-electron chi connectivity index (χ3n) is 11.0. The summed E-state index contributed by atoms with van der Waals surface area (Å²) in [4.78, 5) is 2.42. The first kappa shape index (κ1) is 31.6. The number of nitrogens with zero attached hydrogens (tertiary/aromatic N) is 2. The molecule has 55 heavy (non-hydrogen) atoms. The SMILES string of the molecule is c1ccc(N(c2ccccc2-c2ccccc2-c2ccc3c(c2)c2ccccc2n3-c2ccc3c(c2)sc2ccccc23)c2cccc3ccccc23)cc1. The van der Waals surface area contributed by atoms with Crippen LogP contribution in [-0.2, 0) is 0 Å². The molecule has 0 aliphatic heterocycles. The molecule has 11 rings (SSSR count). The highest BCUT2D eigenvalue weighted by molar-refractivity contribution is 7.25. The molecule has 0 atom stereocenters. The first-order chi connectivity index (χ1) is 27.3. The lowest BCUT2D eigenvalue weighted by molar-refractivity contribution is 1.19. The summed E-state index contributed by atoms with van der Waals surface area (Å²) in [7, 11) is 0. The number of anilines is 3. The van der Waals surface area contributed by atoms with Crippen molar-refractivity contribution in [3.05, 3.63) is 206 Å². The van der Waals surface area contributed by atoms with Gasteiger partial charge in [-0.3, -0.25) is 0 Å². The molecule has 9 aromatic carbocycles. The molecule has 0 N–H and O–H groups in total. The number of fused-ring (bicyclic) bond motifs is 7. The van der Waals surface area contributed by atoms with Crippen LogP contribution in [0.2, 0.25) is 0 Å². The molecule has 3 heteroatoms. The van der Waals surface area contributed by atoms with Crippen LogP contribution in [0, 0.1) is 0 Å². The molecular formula is C52H34N2S. The predicted molar refractivity (Wildman–Crippen MR) is 237 cm³/mol. The second-order valence-electron chi connectivity index (χ2n) is 14.1. The van der Waals surface area contributed by atoms with Crippen molar-refractivity contribution in [3.8, 4) is 27.9 Å². The van der Waals surface area contributed by atoms with E-state index < -0.39 is 0 Å². The monoisotopic (exact) mass is 718 g/mol. The Kier molecular flexibility index (Phi) is 7.39. The Balaban J connectivity index is 1.09. The average Bonchev–Trinajstić information content (AvgIpc) is 3.79.